The van der Waals surface area contributed by atoms with Crippen LogP contribution < -0.4 is 11.3 Å². The molecule has 2 aromatic carbocycles. The fourth-order valence-corrected chi connectivity index (χ4v) is 3.38. The molecule has 0 aliphatic rings. The second-order valence-electron chi connectivity index (χ2n) is 4.96. The Bertz CT molecular complexity index is 800. The Hall–Kier alpha value is -0.890. The van der Waals surface area contributed by atoms with Crippen molar-refractivity contribution in [3.05, 3.63) is 67.4 Å². The maximum atomic E-state index is 5.96. The maximum Gasteiger partial charge on any atom is 0.134 e. The zero-order chi connectivity index (χ0) is 15.0. The van der Waals surface area contributed by atoms with E-state index >= 15 is 0 Å². The molecule has 108 valence electrons. The van der Waals surface area contributed by atoms with Crippen molar-refractivity contribution in [2.45, 2.75) is 13.0 Å². The van der Waals surface area contributed by atoms with Gasteiger partial charge in [-0.05, 0) is 71.5 Å². The molecular formula is C16H14BrIN2O. The number of fused-ring (bicyclic) bond motifs is 1. The lowest BCUT2D eigenvalue weighted by atomic mass is 10.0. The summed E-state index contributed by atoms with van der Waals surface area (Å²) in [4.78, 5) is 0. The van der Waals surface area contributed by atoms with Gasteiger partial charge in [-0.2, -0.15) is 0 Å². The number of benzene rings is 2. The van der Waals surface area contributed by atoms with Gasteiger partial charge in [0.05, 0.1) is 0 Å². The monoisotopic (exact) mass is 456 g/mol. The van der Waals surface area contributed by atoms with Crippen molar-refractivity contribution in [2.24, 2.45) is 5.84 Å². The minimum absolute atomic E-state index is 0.193. The third-order valence-electron chi connectivity index (χ3n) is 3.41. The summed E-state index contributed by atoms with van der Waals surface area (Å²) in [6, 6.07) is 14.2. The van der Waals surface area contributed by atoms with E-state index in [1.54, 1.807) is 0 Å². The molecule has 0 aliphatic carbocycles. The van der Waals surface area contributed by atoms with E-state index in [2.05, 4.69) is 63.0 Å². The number of nitrogens with one attached hydrogen (secondary N) is 1. The van der Waals surface area contributed by atoms with Crippen LogP contribution in [0.25, 0.3) is 11.0 Å². The van der Waals surface area contributed by atoms with Crippen molar-refractivity contribution in [3.63, 3.8) is 0 Å². The van der Waals surface area contributed by atoms with Gasteiger partial charge in [0.1, 0.15) is 17.4 Å². The van der Waals surface area contributed by atoms with Crippen LogP contribution in [0.5, 0.6) is 0 Å². The molecule has 3 rings (SSSR count). The molecule has 0 spiro atoms. The van der Waals surface area contributed by atoms with Gasteiger partial charge in [0, 0.05) is 13.4 Å². The van der Waals surface area contributed by atoms with Gasteiger partial charge in [0.15, 0.2) is 0 Å². The van der Waals surface area contributed by atoms with Gasteiger partial charge < -0.3 is 4.42 Å². The highest BCUT2D eigenvalue weighted by Gasteiger charge is 2.20. The Labute approximate surface area is 145 Å². The summed E-state index contributed by atoms with van der Waals surface area (Å²) in [5.41, 5.74) is 5.99. The molecule has 0 fully saturated rings. The Kier molecular flexibility index (Phi) is 4.35. The standard InChI is InChI=1S/C16H14BrIN2O/c1-9-2-5-14-10(6-9)7-15(21-14)16(20-19)12-8-11(18)3-4-13(12)17/h2-8,16,20H,19H2,1H3. The first-order chi connectivity index (χ1) is 10.1. The first-order valence-electron chi connectivity index (χ1n) is 6.49. The van der Waals surface area contributed by atoms with Crippen molar-refractivity contribution in [1.82, 2.24) is 5.43 Å². The molecule has 0 saturated heterocycles. The molecule has 0 bridgehead atoms. The molecule has 5 heteroatoms. The fourth-order valence-electron chi connectivity index (χ4n) is 2.39. The van der Waals surface area contributed by atoms with E-state index in [-0.39, 0.29) is 6.04 Å². The quantitative estimate of drug-likeness (QED) is 0.342. The second kappa shape index (κ2) is 6.08. The Balaban J connectivity index is 2.11. The molecule has 1 atom stereocenters. The lowest BCUT2D eigenvalue weighted by Gasteiger charge is -2.15. The van der Waals surface area contributed by atoms with Crippen LogP contribution in [0.15, 0.2) is 51.4 Å². The van der Waals surface area contributed by atoms with Crippen LogP contribution in [0.3, 0.4) is 0 Å². The molecule has 3 aromatic rings. The van der Waals surface area contributed by atoms with Crippen molar-refractivity contribution in [3.8, 4) is 0 Å². The number of hydrazine groups is 1. The summed E-state index contributed by atoms with van der Waals surface area (Å²) in [6.45, 7) is 2.07. The number of rotatable bonds is 3. The van der Waals surface area contributed by atoms with E-state index in [1.165, 1.54) is 5.56 Å². The van der Waals surface area contributed by atoms with Crippen molar-refractivity contribution in [1.29, 1.82) is 0 Å². The second-order valence-corrected chi connectivity index (χ2v) is 7.06. The Morgan fingerprint density at radius 1 is 1.19 bits per heavy atom. The number of aryl methyl sites for hydroxylation is 1. The molecule has 0 saturated carbocycles. The molecule has 0 aliphatic heterocycles. The SMILES string of the molecule is Cc1ccc2oc(C(NN)c3cc(I)ccc3Br)cc2c1. The number of nitrogens with two attached hydrogens (primary N) is 1. The fraction of sp³-hybridized carbons (Fsp3) is 0.125. The van der Waals surface area contributed by atoms with Crippen LogP contribution >= 0.6 is 38.5 Å². The van der Waals surface area contributed by atoms with Crippen LogP contribution in [0.2, 0.25) is 0 Å². The molecule has 3 nitrogen and oxygen atoms in total. The predicted octanol–water partition coefficient (Wildman–Crippen LogP) is 4.66. The van der Waals surface area contributed by atoms with Crippen molar-refractivity contribution >= 4 is 49.5 Å². The van der Waals surface area contributed by atoms with Gasteiger partial charge in [0.2, 0.25) is 0 Å². The highest BCUT2D eigenvalue weighted by atomic mass is 127. The topological polar surface area (TPSA) is 51.2 Å². The first kappa shape index (κ1) is 15.0. The van der Waals surface area contributed by atoms with Crippen LogP contribution in [-0.4, -0.2) is 0 Å². The summed E-state index contributed by atoms with van der Waals surface area (Å²) in [7, 11) is 0. The van der Waals surface area contributed by atoms with Crippen molar-refractivity contribution < 1.29 is 4.42 Å². The van der Waals surface area contributed by atoms with E-state index in [9.17, 15) is 0 Å². The Morgan fingerprint density at radius 3 is 2.76 bits per heavy atom. The van der Waals surface area contributed by atoms with Crippen LogP contribution in [0.4, 0.5) is 0 Å². The third kappa shape index (κ3) is 3.01. The molecule has 3 N–H and O–H groups in total. The highest BCUT2D eigenvalue weighted by molar-refractivity contribution is 14.1. The molecule has 0 amide bonds. The summed E-state index contributed by atoms with van der Waals surface area (Å²) in [6.07, 6.45) is 0. The minimum Gasteiger partial charge on any atom is -0.459 e. The van der Waals surface area contributed by atoms with E-state index in [0.29, 0.717) is 0 Å². The van der Waals surface area contributed by atoms with Crippen LogP contribution in [0, 0.1) is 10.5 Å². The number of furan rings is 1. The maximum absolute atomic E-state index is 5.96. The Morgan fingerprint density at radius 2 is 2.00 bits per heavy atom. The molecule has 1 aromatic heterocycles. The minimum atomic E-state index is -0.193. The van der Waals surface area contributed by atoms with Crippen molar-refractivity contribution in [2.75, 3.05) is 0 Å². The number of halogens is 2. The van der Waals surface area contributed by atoms with Gasteiger partial charge in [-0.3, -0.25) is 5.84 Å². The van der Waals surface area contributed by atoms with Gasteiger partial charge in [0.25, 0.3) is 0 Å². The lowest BCUT2D eigenvalue weighted by molar-refractivity contribution is 0.476. The van der Waals surface area contributed by atoms with E-state index < -0.39 is 0 Å². The summed E-state index contributed by atoms with van der Waals surface area (Å²) < 4.78 is 8.11. The number of hydrogen-bond donors (Lipinski definition) is 2. The van der Waals surface area contributed by atoms with E-state index in [0.717, 1.165) is 30.3 Å². The molecule has 1 heterocycles. The molecule has 0 radical (unpaired) electrons. The number of hydrogen-bond acceptors (Lipinski definition) is 3. The van der Waals surface area contributed by atoms with Gasteiger partial charge in [-0.15, -0.1) is 0 Å². The van der Waals surface area contributed by atoms with Gasteiger partial charge in [-0.25, -0.2) is 5.43 Å². The normalized spacial score (nSPS) is 12.8. The summed E-state index contributed by atoms with van der Waals surface area (Å²) in [5, 5.41) is 1.09. The summed E-state index contributed by atoms with van der Waals surface area (Å²) >= 11 is 5.87. The average Bonchev–Trinajstić information content (AvgIpc) is 2.86. The van der Waals surface area contributed by atoms with Crippen LogP contribution in [-0.2, 0) is 0 Å². The first-order valence-corrected chi connectivity index (χ1v) is 8.37. The van der Waals surface area contributed by atoms with Crippen LogP contribution in [0.1, 0.15) is 22.9 Å². The molecule has 1 unspecified atom stereocenters. The zero-order valence-electron chi connectivity index (χ0n) is 11.4. The molecular weight excluding hydrogens is 443 g/mol. The highest BCUT2D eigenvalue weighted by Crippen LogP contribution is 2.32. The average molecular weight is 457 g/mol. The molecule has 21 heavy (non-hydrogen) atoms. The van der Waals surface area contributed by atoms with Gasteiger partial charge >= 0.3 is 0 Å². The third-order valence-corrected chi connectivity index (χ3v) is 4.80. The van der Waals surface area contributed by atoms with E-state index in [1.807, 2.05) is 30.3 Å². The lowest BCUT2D eigenvalue weighted by Crippen LogP contribution is -2.28. The predicted molar refractivity (Wildman–Crippen MR) is 97.0 cm³/mol. The largest absolute Gasteiger partial charge is 0.459 e. The zero-order valence-corrected chi connectivity index (χ0v) is 15.1. The summed E-state index contributed by atoms with van der Waals surface area (Å²) in [5.74, 6) is 6.58. The van der Waals surface area contributed by atoms with E-state index in [4.69, 9.17) is 10.3 Å². The smallest absolute Gasteiger partial charge is 0.134 e. The van der Waals surface area contributed by atoms with Gasteiger partial charge in [-0.1, -0.05) is 27.6 Å².